The first-order chi connectivity index (χ1) is 21.8. The number of aromatic nitrogens is 1. The van der Waals surface area contributed by atoms with Crippen molar-refractivity contribution in [3.63, 3.8) is 0 Å². The Bertz CT molecular complexity index is 1730. The number of hydrogen-bond donors (Lipinski definition) is 2. The van der Waals surface area contributed by atoms with Crippen molar-refractivity contribution in [1.29, 1.82) is 0 Å². The molecule has 1 aliphatic rings. The maximum atomic E-state index is 13.9. The van der Waals surface area contributed by atoms with E-state index in [1.807, 2.05) is 54.6 Å². The van der Waals surface area contributed by atoms with Gasteiger partial charge in [0, 0.05) is 42.9 Å². The fraction of sp³-hybridized carbons (Fsp3) is 0.250. The smallest absolute Gasteiger partial charge is 0.297 e. The van der Waals surface area contributed by atoms with Gasteiger partial charge in [-0.05, 0) is 41.5 Å². The Morgan fingerprint density at radius 2 is 1.67 bits per heavy atom. The molecule has 0 unspecified atom stereocenters. The van der Waals surface area contributed by atoms with Gasteiger partial charge in [0.15, 0.2) is 11.4 Å². The summed E-state index contributed by atoms with van der Waals surface area (Å²) >= 11 is 0. The van der Waals surface area contributed by atoms with Gasteiger partial charge in [-0.25, -0.2) is 0 Å². The van der Waals surface area contributed by atoms with Crippen molar-refractivity contribution in [2.45, 2.75) is 32.0 Å². The number of anilines is 1. The molecule has 0 bridgehead atoms. The second kappa shape index (κ2) is 13.8. The maximum Gasteiger partial charge on any atom is 0.297 e. The molecule has 0 saturated carbocycles. The van der Waals surface area contributed by atoms with E-state index < -0.39 is 17.4 Å². The SMILES string of the molecule is COc1cccn(-c2ccc(CN3C(=O)[C@](O)([C@H](C)/C=C/CC(=O)N(CCO)Cc4ccccc4)c4ccccc43)cc2)c1=O. The van der Waals surface area contributed by atoms with Crippen LogP contribution in [0.5, 0.6) is 5.75 Å². The monoisotopic (exact) mass is 607 g/mol. The number of hydrogen-bond acceptors (Lipinski definition) is 6. The predicted octanol–water partition coefficient (Wildman–Crippen LogP) is 4.18. The number of pyridine rings is 1. The zero-order chi connectivity index (χ0) is 32.0. The molecule has 5 rings (SSSR count). The Kier molecular flexibility index (Phi) is 9.61. The first-order valence-corrected chi connectivity index (χ1v) is 14.9. The Morgan fingerprint density at radius 1 is 0.956 bits per heavy atom. The molecule has 1 aromatic heterocycles. The lowest BCUT2D eigenvalue weighted by molar-refractivity contribution is -0.139. The molecule has 2 N–H and O–H groups in total. The van der Waals surface area contributed by atoms with Crippen LogP contribution in [0.4, 0.5) is 5.69 Å². The van der Waals surface area contributed by atoms with E-state index in [1.54, 1.807) is 71.5 Å². The Morgan fingerprint density at radius 3 is 2.38 bits per heavy atom. The Balaban J connectivity index is 1.31. The number of benzene rings is 3. The molecule has 4 aromatic rings. The molecule has 45 heavy (non-hydrogen) atoms. The molecule has 2 atom stereocenters. The van der Waals surface area contributed by atoms with Crippen LogP contribution in [0, 0.1) is 5.92 Å². The van der Waals surface area contributed by atoms with Crippen LogP contribution < -0.4 is 15.2 Å². The average Bonchev–Trinajstić information content (AvgIpc) is 3.28. The predicted molar refractivity (Wildman–Crippen MR) is 172 cm³/mol. The lowest BCUT2D eigenvalue weighted by Gasteiger charge is -2.28. The van der Waals surface area contributed by atoms with Crippen LogP contribution in [0.2, 0.25) is 0 Å². The minimum atomic E-state index is -1.82. The number of carbonyl (C=O) groups is 2. The molecule has 9 nitrogen and oxygen atoms in total. The van der Waals surface area contributed by atoms with Crippen LogP contribution in [0.1, 0.15) is 30.0 Å². The summed E-state index contributed by atoms with van der Waals surface area (Å²) in [6.07, 6.45) is 5.11. The van der Waals surface area contributed by atoms with Crippen LogP contribution in [0.3, 0.4) is 0 Å². The molecular weight excluding hydrogens is 570 g/mol. The van der Waals surface area contributed by atoms with E-state index in [0.29, 0.717) is 23.5 Å². The highest BCUT2D eigenvalue weighted by molar-refractivity contribution is 6.07. The minimum absolute atomic E-state index is 0.0650. The van der Waals surface area contributed by atoms with Crippen molar-refractivity contribution < 1.29 is 24.5 Å². The third-order valence-electron chi connectivity index (χ3n) is 8.18. The van der Waals surface area contributed by atoms with Crippen molar-refractivity contribution in [3.8, 4) is 11.4 Å². The van der Waals surface area contributed by atoms with Gasteiger partial charge in [-0.1, -0.05) is 79.7 Å². The lowest BCUT2D eigenvalue weighted by atomic mass is 9.83. The molecule has 2 amide bonds. The van der Waals surface area contributed by atoms with Crippen LogP contribution in [0.25, 0.3) is 5.69 Å². The number of ether oxygens (including phenoxy) is 1. The van der Waals surface area contributed by atoms with Gasteiger partial charge in [0.1, 0.15) is 0 Å². The van der Waals surface area contributed by atoms with Gasteiger partial charge in [-0.2, -0.15) is 0 Å². The zero-order valence-corrected chi connectivity index (χ0v) is 25.4. The molecule has 0 radical (unpaired) electrons. The van der Waals surface area contributed by atoms with Crippen LogP contribution >= 0.6 is 0 Å². The highest BCUT2D eigenvalue weighted by Crippen LogP contribution is 2.45. The number of methoxy groups -OCH3 is 1. The molecule has 3 aromatic carbocycles. The summed E-state index contributed by atoms with van der Waals surface area (Å²) in [4.78, 5) is 42.7. The van der Waals surface area contributed by atoms with Gasteiger partial charge in [0.05, 0.1) is 25.9 Å². The van der Waals surface area contributed by atoms with E-state index in [0.717, 1.165) is 11.1 Å². The van der Waals surface area contributed by atoms with Crippen molar-refractivity contribution in [2.24, 2.45) is 5.92 Å². The lowest BCUT2D eigenvalue weighted by Crippen LogP contribution is -2.44. The molecular formula is C36H37N3O6. The molecule has 0 fully saturated rings. The van der Waals surface area contributed by atoms with Crippen LogP contribution in [-0.2, 0) is 28.3 Å². The molecule has 9 heteroatoms. The fourth-order valence-electron chi connectivity index (χ4n) is 5.69. The number of aliphatic hydroxyl groups excluding tert-OH is 1. The highest BCUT2D eigenvalue weighted by atomic mass is 16.5. The topological polar surface area (TPSA) is 112 Å². The van der Waals surface area contributed by atoms with Crippen LogP contribution in [-0.4, -0.2) is 51.8 Å². The number of fused-ring (bicyclic) bond motifs is 1. The number of carbonyl (C=O) groups excluding carboxylic acids is 2. The number of aliphatic hydroxyl groups is 2. The van der Waals surface area contributed by atoms with E-state index in [-0.39, 0.29) is 43.3 Å². The number of amides is 2. The fourth-order valence-corrected chi connectivity index (χ4v) is 5.69. The summed E-state index contributed by atoms with van der Waals surface area (Å²) in [5, 5.41) is 21.4. The van der Waals surface area contributed by atoms with E-state index in [2.05, 4.69) is 0 Å². The molecule has 1 aliphatic heterocycles. The third kappa shape index (κ3) is 6.45. The molecule has 0 saturated heterocycles. The zero-order valence-electron chi connectivity index (χ0n) is 25.4. The standard InChI is InChI=1S/C36H37N3O6/c1-26(10-8-16-33(41)37(22-23-40)24-27-11-4-3-5-12-27)36(44)30-13-6-7-14-31(30)39(35(36)43)25-28-17-19-29(20-18-28)38-21-9-15-32(45-2)34(38)42/h3-15,17-21,26,40,44H,16,22-25H2,1-2H3/b10-8+/t26-,36+/m1/s1. The largest absolute Gasteiger partial charge is 0.491 e. The van der Waals surface area contributed by atoms with Crippen molar-refractivity contribution >= 4 is 17.5 Å². The van der Waals surface area contributed by atoms with Gasteiger partial charge in [0.25, 0.3) is 11.5 Å². The second-order valence-electron chi connectivity index (χ2n) is 11.0. The van der Waals surface area contributed by atoms with Gasteiger partial charge < -0.3 is 24.7 Å². The quantitative estimate of drug-likeness (QED) is 0.234. The number of rotatable bonds is 12. The van der Waals surface area contributed by atoms with Gasteiger partial charge in [-0.3, -0.25) is 19.0 Å². The molecule has 232 valence electrons. The summed E-state index contributed by atoms with van der Waals surface area (Å²) in [6, 6.07) is 27.4. The van der Waals surface area contributed by atoms with E-state index in [1.165, 1.54) is 11.7 Å². The van der Waals surface area contributed by atoms with Crippen LogP contribution in [0.15, 0.2) is 114 Å². The normalized spacial score (nSPS) is 16.5. The minimum Gasteiger partial charge on any atom is -0.491 e. The van der Waals surface area contributed by atoms with Gasteiger partial charge in [-0.15, -0.1) is 0 Å². The van der Waals surface area contributed by atoms with Crippen molar-refractivity contribution in [1.82, 2.24) is 9.47 Å². The van der Waals surface area contributed by atoms with E-state index >= 15 is 0 Å². The summed E-state index contributed by atoms with van der Waals surface area (Å²) in [7, 11) is 1.45. The summed E-state index contributed by atoms with van der Waals surface area (Å²) < 4.78 is 6.63. The summed E-state index contributed by atoms with van der Waals surface area (Å²) in [6.45, 7) is 2.41. The third-order valence-corrected chi connectivity index (χ3v) is 8.18. The maximum absolute atomic E-state index is 13.9. The Hall–Kier alpha value is -4.99. The summed E-state index contributed by atoms with van der Waals surface area (Å²) in [5.74, 6) is -1.01. The first kappa shape index (κ1) is 31.4. The van der Waals surface area contributed by atoms with E-state index in [4.69, 9.17) is 4.74 Å². The number of nitrogens with zero attached hydrogens (tertiary/aromatic N) is 3. The van der Waals surface area contributed by atoms with Gasteiger partial charge in [0.2, 0.25) is 5.91 Å². The number of para-hydroxylation sites is 1. The van der Waals surface area contributed by atoms with Gasteiger partial charge >= 0.3 is 0 Å². The van der Waals surface area contributed by atoms with Crippen molar-refractivity contribution in [2.75, 3.05) is 25.2 Å². The molecule has 0 aliphatic carbocycles. The first-order valence-electron chi connectivity index (χ1n) is 14.9. The Labute approximate surface area is 262 Å². The van der Waals surface area contributed by atoms with Crippen molar-refractivity contribution in [3.05, 3.63) is 136 Å². The molecule has 0 spiro atoms. The second-order valence-corrected chi connectivity index (χ2v) is 11.0. The average molecular weight is 608 g/mol. The molecule has 2 heterocycles. The van der Waals surface area contributed by atoms with E-state index in [9.17, 15) is 24.6 Å². The summed E-state index contributed by atoms with van der Waals surface area (Å²) in [5.41, 5.74) is 1.46. The highest BCUT2D eigenvalue weighted by Gasteiger charge is 2.52.